The molecule has 4 heterocycles. The first-order valence-electron chi connectivity index (χ1n) is 17.7. The number of hydrogen-bond acceptors (Lipinski definition) is 14. The number of hydrogen-bond donors (Lipinski definition) is 3. The highest BCUT2D eigenvalue weighted by Crippen LogP contribution is 2.39. The van der Waals surface area contributed by atoms with Crippen molar-refractivity contribution in [3.05, 3.63) is 24.3 Å². The third-order valence-corrected chi connectivity index (χ3v) is 10.6. The number of aliphatic hydroxyl groups is 3. The summed E-state index contributed by atoms with van der Waals surface area (Å²) in [5, 5.41) is 33.8. The molecule has 17 atom stereocenters. The zero-order valence-electron chi connectivity index (χ0n) is 31.0. The Kier molecular flexibility index (Phi) is 14.2. The summed E-state index contributed by atoms with van der Waals surface area (Å²) in [6, 6.07) is -0.171. The molecule has 0 aromatic carbocycles. The van der Waals surface area contributed by atoms with Crippen LogP contribution in [0.3, 0.4) is 0 Å². The van der Waals surface area contributed by atoms with Crippen LogP contribution in [0.2, 0.25) is 0 Å². The van der Waals surface area contributed by atoms with E-state index in [2.05, 4.69) is 0 Å². The van der Waals surface area contributed by atoms with Gasteiger partial charge in [-0.3, -0.25) is 4.79 Å². The van der Waals surface area contributed by atoms with Crippen molar-refractivity contribution in [2.24, 2.45) is 17.8 Å². The van der Waals surface area contributed by atoms with Gasteiger partial charge in [-0.2, -0.15) is 0 Å². The molecule has 0 aromatic rings. The maximum Gasteiger partial charge on any atom is 0.330 e. The van der Waals surface area contributed by atoms with Crippen LogP contribution in [0.1, 0.15) is 54.4 Å². The molecule has 0 amide bonds. The number of nitrogens with zero attached hydrogens (tertiary/aromatic N) is 1. The van der Waals surface area contributed by atoms with Crippen LogP contribution in [0.15, 0.2) is 24.3 Å². The Balaban J connectivity index is 1.57. The highest BCUT2D eigenvalue weighted by atomic mass is 16.7. The SMILES string of the molecule is COC1C(OCC2(O)C(C)OC(=O)C=CC(C)C(OC3OC(C)CC(N(C)C)C3O)C(C)CC(C)C(=O)C=CC3OC32)OC(C)C(O)C1OC. The highest BCUT2D eigenvalue weighted by Gasteiger charge is 2.58. The van der Waals surface area contributed by atoms with E-state index in [0.717, 1.165) is 0 Å². The fourth-order valence-corrected chi connectivity index (χ4v) is 7.36. The van der Waals surface area contributed by atoms with Gasteiger partial charge in [0.15, 0.2) is 24.0 Å². The predicted octanol–water partition coefficient (Wildman–Crippen LogP) is 1.37. The Morgan fingerprint density at radius 2 is 1.54 bits per heavy atom. The Morgan fingerprint density at radius 3 is 2.18 bits per heavy atom. The van der Waals surface area contributed by atoms with E-state index in [1.165, 1.54) is 33.3 Å². The molecule has 0 radical (unpaired) electrons. The number of epoxide rings is 1. The number of aliphatic hydroxyl groups excluding tert-OH is 2. The van der Waals surface area contributed by atoms with E-state index in [4.69, 9.17) is 37.9 Å². The number of ketones is 1. The summed E-state index contributed by atoms with van der Waals surface area (Å²) in [5.41, 5.74) is -1.87. The lowest BCUT2D eigenvalue weighted by Gasteiger charge is -2.43. The molecule has 4 aliphatic heterocycles. The number of methoxy groups -OCH3 is 2. The standard InChI is InChI=1S/C36H59NO13/c1-18-11-14-27(39)48-23(6)36(42,17-45-35-32(44-10)31(43-9)28(40)22(5)47-35)33-26(49-33)13-12-25(38)19(2)15-20(3)30(18)50-34-29(41)24(37(7)8)16-21(4)46-34/h11-14,18-24,26,28-35,40-42H,15-17H2,1-10H3. The van der Waals surface area contributed by atoms with E-state index in [-0.39, 0.29) is 35.7 Å². The molecule has 0 spiro atoms. The fraction of sp³-hybridized carbons (Fsp3) is 0.833. The summed E-state index contributed by atoms with van der Waals surface area (Å²) in [4.78, 5) is 28.5. The van der Waals surface area contributed by atoms with Crippen LogP contribution in [0.25, 0.3) is 0 Å². The molecule has 14 nitrogen and oxygen atoms in total. The van der Waals surface area contributed by atoms with Crippen molar-refractivity contribution in [1.82, 2.24) is 4.90 Å². The van der Waals surface area contributed by atoms with E-state index in [1.54, 1.807) is 19.1 Å². The van der Waals surface area contributed by atoms with Gasteiger partial charge >= 0.3 is 5.97 Å². The maximum absolute atomic E-state index is 13.3. The minimum atomic E-state index is -1.87. The Bertz CT molecular complexity index is 1200. The molecule has 4 aliphatic rings. The second-order valence-corrected chi connectivity index (χ2v) is 14.8. The van der Waals surface area contributed by atoms with Gasteiger partial charge in [0.25, 0.3) is 0 Å². The van der Waals surface area contributed by atoms with Crippen LogP contribution in [0.5, 0.6) is 0 Å². The highest BCUT2D eigenvalue weighted by molar-refractivity contribution is 5.91. The van der Waals surface area contributed by atoms with E-state index in [9.17, 15) is 24.9 Å². The number of fused-ring (bicyclic) bond motifs is 1. The van der Waals surface area contributed by atoms with E-state index in [0.29, 0.717) is 12.8 Å². The normalized spacial score (nSPS) is 46.4. The van der Waals surface area contributed by atoms with Crippen molar-refractivity contribution >= 4 is 11.8 Å². The minimum Gasteiger partial charge on any atom is -0.456 e. The number of cyclic esters (lactones) is 1. The first-order chi connectivity index (χ1) is 23.5. The third kappa shape index (κ3) is 9.39. The van der Waals surface area contributed by atoms with Gasteiger partial charge in [0.2, 0.25) is 0 Å². The lowest BCUT2D eigenvalue weighted by atomic mass is 9.84. The predicted molar refractivity (Wildman–Crippen MR) is 180 cm³/mol. The van der Waals surface area contributed by atoms with Crippen LogP contribution >= 0.6 is 0 Å². The molecule has 4 rings (SSSR count). The van der Waals surface area contributed by atoms with Crippen molar-refractivity contribution in [3.8, 4) is 0 Å². The molecule has 17 unspecified atom stereocenters. The average Bonchev–Trinajstić information content (AvgIpc) is 3.86. The summed E-state index contributed by atoms with van der Waals surface area (Å²) in [6.07, 6.45) is -2.27. The largest absolute Gasteiger partial charge is 0.456 e. The summed E-state index contributed by atoms with van der Waals surface area (Å²) in [7, 11) is 6.69. The summed E-state index contributed by atoms with van der Waals surface area (Å²) < 4.78 is 47.0. The number of rotatable bonds is 8. The van der Waals surface area contributed by atoms with E-state index < -0.39 is 85.7 Å². The number of likely N-dealkylation sites (N-methyl/N-ethyl adjacent to an activating group) is 1. The fourth-order valence-electron chi connectivity index (χ4n) is 7.36. The molecule has 0 saturated carbocycles. The number of carbonyl (C=O) groups excluding carboxylic acids is 2. The number of carbonyl (C=O) groups is 2. The summed E-state index contributed by atoms with van der Waals surface area (Å²) >= 11 is 0. The minimum absolute atomic E-state index is 0.119. The van der Waals surface area contributed by atoms with Gasteiger partial charge < -0.3 is 58.1 Å². The van der Waals surface area contributed by atoms with Gasteiger partial charge in [0, 0.05) is 38.2 Å². The van der Waals surface area contributed by atoms with Crippen LogP contribution in [-0.2, 0) is 47.5 Å². The Morgan fingerprint density at radius 1 is 0.860 bits per heavy atom. The second-order valence-electron chi connectivity index (χ2n) is 14.8. The topological polar surface area (TPSA) is 175 Å². The molecular weight excluding hydrogens is 654 g/mol. The van der Waals surface area contributed by atoms with Crippen LogP contribution in [0.4, 0.5) is 0 Å². The molecule has 286 valence electrons. The van der Waals surface area contributed by atoms with Gasteiger partial charge in [-0.15, -0.1) is 0 Å². The van der Waals surface area contributed by atoms with Gasteiger partial charge in [0.05, 0.1) is 24.9 Å². The Labute approximate surface area is 295 Å². The first-order valence-corrected chi connectivity index (χ1v) is 17.7. The van der Waals surface area contributed by atoms with Crippen molar-refractivity contribution in [2.75, 3.05) is 34.9 Å². The van der Waals surface area contributed by atoms with Crippen LogP contribution in [-0.4, -0.2) is 152 Å². The molecular formula is C36H59NO13. The van der Waals surface area contributed by atoms with Crippen molar-refractivity contribution in [3.63, 3.8) is 0 Å². The molecule has 0 bridgehead atoms. The molecule has 3 fully saturated rings. The summed E-state index contributed by atoms with van der Waals surface area (Å²) in [6.45, 7) is 10.5. The maximum atomic E-state index is 13.3. The van der Waals surface area contributed by atoms with Crippen LogP contribution < -0.4 is 0 Å². The molecule has 3 N–H and O–H groups in total. The monoisotopic (exact) mass is 713 g/mol. The quantitative estimate of drug-likeness (QED) is 0.243. The van der Waals surface area contributed by atoms with Crippen molar-refractivity contribution < 1.29 is 62.8 Å². The summed E-state index contributed by atoms with van der Waals surface area (Å²) in [5.74, 6) is -1.73. The smallest absolute Gasteiger partial charge is 0.330 e. The molecule has 3 saturated heterocycles. The molecule has 50 heavy (non-hydrogen) atoms. The Hall–Kier alpha value is -1.82. The van der Waals surface area contributed by atoms with Crippen LogP contribution in [0, 0.1) is 17.8 Å². The number of esters is 1. The zero-order chi connectivity index (χ0) is 37.1. The average molecular weight is 714 g/mol. The number of ether oxygens (including phenoxy) is 8. The molecule has 14 heteroatoms. The lowest BCUT2D eigenvalue weighted by Crippen LogP contribution is -2.60. The van der Waals surface area contributed by atoms with E-state index >= 15 is 0 Å². The van der Waals surface area contributed by atoms with E-state index in [1.807, 2.05) is 46.7 Å². The lowest BCUT2D eigenvalue weighted by molar-refractivity contribution is -0.312. The second kappa shape index (κ2) is 17.3. The van der Waals surface area contributed by atoms with Crippen molar-refractivity contribution in [1.29, 1.82) is 0 Å². The zero-order valence-corrected chi connectivity index (χ0v) is 31.0. The first kappa shape index (κ1) is 40.9. The van der Waals surface area contributed by atoms with Gasteiger partial charge in [-0.1, -0.05) is 26.8 Å². The van der Waals surface area contributed by atoms with Gasteiger partial charge in [0.1, 0.15) is 42.7 Å². The van der Waals surface area contributed by atoms with Gasteiger partial charge in [-0.05, 0) is 65.8 Å². The third-order valence-electron chi connectivity index (χ3n) is 10.6. The number of allylic oxidation sites excluding steroid dienone is 1. The van der Waals surface area contributed by atoms with Gasteiger partial charge in [-0.25, -0.2) is 4.79 Å². The van der Waals surface area contributed by atoms with Crippen molar-refractivity contribution in [2.45, 2.75) is 140 Å². The molecule has 0 aromatic heterocycles. The molecule has 0 aliphatic carbocycles.